The van der Waals surface area contributed by atoms with Crippen LogP contribution in [-0.4, -0.2) is 24.4 Å². The van der Waals surface area contributed by atoms with Crippen molar-refractivity contribution in [3.63, 3.8) is 0 Å². The SMILES string of the molecule is Cc1cccc(C)c1N1C(=O)C[C@@H](NCC23CC4CC(CC(C4)C2)C3)C1=O. The summed E-state index contributed by atoms with van der Waals surface area (Å²) in [5.41, 5.74) is 3.13. The van der Waals surface area contributed by atoms with Crippen LogP contribution in [0, 0.1) is 37.0 Å². The Bertz CT molecular complexity index is 744. The molecular weight excluding hydrogens is 336 g/mol. The normalized spacial score (nSPS) is 37.5. The van der Waals surface area contributed by atoms with Gasteiger partial charge in [0.05, 0.1) is 18.2 Å². The van der Waals surface area contributed by atoms with E-state index in [9.17, 15) is 9.59 Å². The van der Waals surface area contributed by atoms with E-state index in [2.05, 4.69) is 5.32 Å². The van der Waals surface area contributed by atoms with Crippen molar-refractivity contribution in [3.8, 4) is 0 Å². The van der Waals surface area contributed by atoms with Gasteiger partial charge in [-0.05, 0) is 86.7 Å². The first-order valence-electron chi connectivity index (χ1n) is 10.6. The van der Waals surface area contributed by atoms with Gasteiger partial charge < -0.3 is 5.32 Å². The molecule has 27 heavy (non-hydrogen) atoms. The summed E-state index contributed by atoms with van der Waals surface area (Å²) in [6.07, 6.45) is 8.55. The van der Waals surface area contributed by atoms with Crippen molar-refractivity contribution >= 4 is 17.5 Å². The number of hydrogen-bond acceptors (Lipinski definition) is 3. The molecule has 2 amide bonds. The summed E-state index contributed by atoms with van der Waals surface area (Å²) >= 11 is 0. The maximum absolute atomic E-state index is 13.1. The molecule has 4 bridgehead atoms. The van der Waals surface area contributed by atoms with Gasteiger partial charge in [0.15, 0.2) is 0 Å². The lowest BCUT2D eigenvalue weighted by Crippen LogP contribution is -2.52. The molecule has 0 radical (unpaired) electrons. The molecule has 4 nitrogen and oxygen atoms in total. The van der Waals surface area contributed by atoms with Crippen molar-refractivity contribution in [2.75, 3.05) is 11.4 Å². The largest absolute Gasteiger partial charge is 0.305 e. The van der Waals surface area contributed by atoms with Crippen LogP contribution in [0.4, 0.5) is 5.69 Å². The number of nitrogens with one attached hydrogen (secondary N) is 1. The van der Waals surface area contributed by atoms with E-state index in [0.29, 0.717) is 11.8 Å². The zero-order valence-corrected chi connectivity index (χ0v) is 16.5. The van der Waals surface area contributed by atoms with E-state index in [0.717, 1.165) is 41.1 Å². The quantitative estimate of drug-likeness (QED) is 0.826. The molecule has 5 aliphatic rings. The highest BCUT2D eigenvalue weighted by atomic mass is 16.2. The zero-order valence-electron chi connectivity index (χ0n) is 16.5. The van der Waals surface area contributed by atoms with E-state index in [1.54, 1.807) is 0 Å². The van der Waals surface area contributed by atoms with Gasteiger partial charge in [-0.15, -0.1) is 0 Å². The maximum atomic E-state index is 13.1. The Morgan fingerprint density at radius 1 is 1.00 bits per heavy atom. The lowest BCUT2D eigenvalue weighted by Gasteiger charge is -2.57. The topological polar surface area (TPSA) is 49.4 Å². The molecule has 1 N–H and O–H groups in total. The minimum absolute atomic E-state index is 0.0675. The third-order valence-electron chi connectivity index (χ3n) is 7.70. The number of hydrogen-bond donors (Lipinski definition) is 1. The van der Waals surface area contributed by atoms with Gasteiger partial charge in [-0.2, -0.15) is 0 Å². The zero-order chi connectivity index (χ0) is 18.8. The van der Waals surface area contributed by atoms with Crippen LogP contribution in [0.25, 0.3) is 0 Å². The van der Waals surface area contributed by atoms with Crippen LogP contribution in [0.5, 0.6) is 0 Å². The molecule has 4 saturated carbocycles. The van der Waals surface area contributed by atoms with Crippen molar-refractivity contribution in [3.05, 3.63) is 29.3 Å². The van der Waals surface area contributed by atoms with Crippen LogP contribution in [0.2, 0.25) is 0 Å². The molecule has 6 rings (SSSR count). The van der Waals surface area contributed by atoms with Crippen molar-refractivity contribution < 1.29 is 9.59 Å². The van der Waals surface area contributed by atoms with Gasteiger partial charge in [-0.25, -0.2) is 4.90 Å². The van der Waals surface area contributed by atoms with E-state index in [1.807, 2.05) is 32.0 Å². The fraction of sp³-hybridized carbons (Fsp3) is 0.652. The van der Waals surface area contributed by atoms with Crippen molar-refractivity contribution in [2.45, 2.75) is 64.8 Å². The minimum Gasteiger partial charge on any atom is -0.305 e. The van der Waals surface area contributed by atoms with E-state index >= 15 is 0 Å². The van der Waals surface area contributed by atoms with Crippen molar-refractivity contribution in [1.29, 1.82) is 0 Å². The van der Waals surface area contributed by atoms with Gasteiger partial charge in [0.1, 0.15) is 0 Å². The summed E-state index contributed by atoms with van der Waals surface area (Å²) in [4.78, 5) is 27.2. The first-order valence-corrected chi connectivity index (χ1v) is 10.6. The van der Waals surface area contributed by atoms with E-state index in [4.69, 9.17) is 0 Å². The Morgan fingerprint density at radius 3 is 2.11 bits per heavy atom. The second-order valence-corrected chi connectivity index (χ2v) is 9.86. The molecule has 1 atom stereocenters. The Morgan fingerprint density at radius 2 is 1.56 bits per heavy atom. The average molecular weight is 367 g/mol. The molecule has 5 fully saturated rings. The van der Waals surface area contributed by atoms with Crippen molar-refractivity contribution in [2.24, 2.45) is 23.2 Å². The molecular formula is C23H30N2O2. The van der Waals surface area contributed by atoms with Gasteiger partial charge in [-0.1, -0.05) is 18.2 Å². The molecule has 1 aromatic rings. The number of carbonyl (C=O) groups is 2. The summed E-state index contributed by atoms with van der Waals surface area (Å²) in [5, 5.41) is 3.55. The summed E-state index contributed by atoms with van der Waals surface area (Å²) in [5.74, 6) is 2.59. The van der Waals surface area contributed by atoms with Crippen LogP contribution in [0.15, 0.2) is 18.2 Å². The predicted molar refractivity (Wildman–Crippen MR) is 105 cm³/mol. The van der Waals surface area contributed by atoms with Gasteiger partial charge in [-0.3, -0.25) is 9.59 Å². The highest BCUT2D eigenvalue weighted by molar-refractivity contribution is 6.23. The summed E-state index contributed by atoms with van der Waals surface area (Å²) < 4.78 is 0. The van der Waals surface area contributed by atoms with Crippen LogP contribution >= 0.6 is 0 Å². The molecule has 0 unspecified atom stereocenters. The molecule has 1 saturated heterocycles. The number of nitrogens with zero attached hydrogens (tertiary/aromatic N) is 1. The van der Waals surface area contributed by atoms with E-state index < -0.39 is 0 Å². The van der Waals surface area contributed by atoms with Gasteiger partial charge >= 0.3 is 0 Å². The van der Waals surface area contributed by atoms with Crippen LogP contribution in [0.3, 0.4) is 0 Å². The number of rotatable bonds is 4. The second-order valence-electron chi connectivity index (χ2n) is 9.86. The average Bonchev–Trinajstić information content (AvgIpc) is 2.87. The number of anilines is 1. The standard InChI is InChI=1S/C23H30N2O2/c1-14-4-3-5-15(2)21(14)25-20(26)9-19(22(25)27)24-13-23-10-16-6-17(11-23)8-18(7-16)12-23/h3-5,16-19,24H,6-13H2,1-2H3/t16?,17?,18?,19-,23?/m1/s1. The summed E-state index contributed by atoms with van der Waals surface area (Å²) in [6.45, 7) is 4.85. The third-order valence-corrected chi connectivity index (χ3v) is 7.70. The highest BCUT2D eigenvalue weighted by Gasteiger charge is 2.51. The lowest BCUT2D eigenvalue weighted by molar-refractivity contribution is -0.121. The van der Waals surface area contributed by atoms with Crippen LogP contribution in [-0.2, 0) is 9.59 Å². The van der Waals surface area contributed by atoms with Crippen LogP contribution < -0.4 is 10.2 Å². The first kappa shape index (κ1) is 17.4. The molecule has 1 aromatic carbocycles. The summed E-state index contributed by atoms with van der Waals surface area (Å²) in [7, 11) is 0. The maximum Gasteiger partial charge on any atom is 0.251 e. The number of para-hydroxylation sites is 1. The summed E-state index contributed by atoms with van der Waals surface area (Å²) in [6, 6.07) is 5.56. The van der Waals surface area contributed by atoms with Crippen molar-refractivity contribution in [1.82, 2.24) is 5.32 Å². The molecule has 4 heteroatoms. The van der Waals surface area contributed by atoms with Crippen LogP contribution in [0.1, 0.15) is 56.1 Å². The Kier molecular flexibility index (Phi) is 3.98. The molecule has 1 aliphatic heterocycles. The van der Waals surface area contributed by atoms with E-state index in [1.165, 1.54) is 43.4 Å². The minimum atomic E-state index is -0.357. The lowest BCUT2D eigenvalue weighted by atomic mass is 9.49. The monoisotopic (exact) mass is 366 g/mol. The van der Waals surface area contributed by atoms with Gasteiger partial charge in [0, 0.05) is 6.54 Å². The molecule has 0 aromatic heterocycles. The third kappa shape index (κ3) is 2.84. The second kappa shape index (κ2) is 6.16. The van der Waals surface area contributed by atoms with Gasteiger partial charge in [0.2, 0.25) is 5.91 Å². The Balaban J connectivity index is 1.31. The fourth-order valence-electron chi connectivity index (χ4n) is 7.03. The fourth-order valence-corrected chi connectivity index (χ4v) is 7.03. The van der Waals surface area contributed by atoms with Gasteiger partial charge in [0.25, 0.3) is 5.91 Å². The Labute approximate surface area is 161 Å². The molecule has 4 aliphatic carbocycles. The number of benzene rings is 1. The number of aryl methyl sites for hydroxylation is 2. The molecule has 1 heterocycles. The smallest absolute Gasteiger partial charge is 0.251 e. The number of amides is 2. The highest BCUT2D eigenvalue weighted by Crippen LogP contribution is 2.59. The van der Waals surface area contributed by atoms with E-state index in [-0.39, 0.29) is 17.9 Å². The first-order chi connectivity index (χ1) is 12.9. The molecule has 144 valence electrons. The Hall–Kier alpha value is -1.68. The number of imide groups is 1. The number of carbonyl (C=O) groups excluding carboxylic acids is 2. The predicted octanol–water partition coefficient (Wildman–Crippen LogP) is 3.74. The molecule has 0 spiro atoms.